The predicted molar refractivity (Wildman–Crippen MR) is 117 cm³/mol. The number of nitrogens with one attached hydrogen (secondary N) is 1. The molecule has 0 atom stereocenters. The lowest BCUT2D eigenvalue weighted by atomic mass is 10.0. The zero-order valence-electron chi connectivity index (χ0n) is 16.7. The molecular weight excluding hydrogens is 404 g/mol. The third-order valence-electron chi connectivity index (χ3n) is 5.32. The maximum Gasteiger partial charge on any atom is 0.321 e. The maximum absolute atomic E-state index is 12.9. The summed E-state index contributed by atoms with van der Waals surface area (Å²) < 4.78 is 7.23. The van der Waals surface area contributed by atoms with Gasteiger partial charge in [-0.3, -0.25) is 9.36 Å². The molecule has 1 aromatic heterocycles. The summed E-state index contributed by atoms with van der Waals surface area (Å²) in [5.41, 5.74) is 1.18. The van der Waals surface area contributed by atoms with Crippen molar-refractivity contribution in [3.63, 3.8) is 0 Å². The number of urea groups is 1. The van der Waals surface area contributed by atoms with E-state index in [1.165, 1.54) is 0 Å². The van der Waals surface area contributed by atoms with Crippen LogP contribution in [0.4, 0.5) is 10.5 Å². The van der Waals surface area contributed by atoms with E-state index in [0.717, 1.165) is 0 Å². The first-order valence-corrected chi connectivity index (χ1v) is 10.4. The van der Waals surface area contributed by atoms with Gasteiger partial charge in [0.1, 0.15) is 5.75 Å². The van der Waals surface area contributed by atoms with E-state index in [2.05, 4.69) is 10.3 Å². The Kier molecular flexibility index (Phi) is 5.90. The smallest absolute Gasteiger partial charge is 0.321 e. The van der Waals surface area contributed by atoms with Crippen molar-refractivity contribution < 1.29 is 9.53 Å². The molecule has 0 saturated carbocycles. The summed E-state index contributed by atoms with van der Waals surface area (Å²) in [7, 11) is 0. The minimum atomic E-state index is -0.170. The Morgan fingerprint density at radius 3 is 2.77 bits per heavy atom. The number of rotatable bonds is 4. The van der Waals surface area contributed by atoms with E-state index in [1.807, 2.05) is 31.2 Å². The Morgan fingerprint density at radius 1 is 1.23 bits per heavy atom. The molecule has 1 aliphatic rings. The second-order valence-electron chi connectivity index (χ2n) is 7.20. The Morgan fingerprint density at radius 2 is 2.00 bits per heavy atom. The summed E-state index contributed by atoms with van der Waals surface area (Å²) in [4.78, 5) is 31.8. The monoisotopic (exact) mass is 426 g/mol. The largest absolute Gasteiger partial charge is 0.492 e. The van der Waals surface area contributed by atoms with Gasteiger partial charge in [0.05, 0.1) is 29.5 Å². The molecule has 1 N–H and O–H groups in total. The number of hydrogen-bond donors (Lipinski definition) is 1. The van der Waals surface area contributed by atoms with Crippen molar-refractivity contribution in [3.8, 4) is 5.75 Å². The number of aromatic nitrogens is 2. The highest BCUT2D eigenvalue weighted by atomic mass is 35.5. The zero-order chi connectivity index (χ0) is 21.1. The van der Waals surface area contributed by atoms with Crippen molar-refractivity contribution >= 4 is 34.2 Å². The number of carbonyl (C=O) groups is 1. The van der Waals surface area contributed by atoms with Gasteiger partial charge >= 0.3 is 6.03 Å². The first-order chi connectivity index (χ1) is 14.6. The fourth-order valence-corrected chi connectivity index (χ4v) is 3.93. The summed E-state index contributed by atoms with van der Waals surface area (Å²) in [6, 6.07) is 12.3. The molecule has 2 aromatic carbocycles. The Bertz CT molecular complexity index is 1120. The molecular formula is C22H23ClN4O3. The number of anilines is 1. The van der Waals surface area contributed by atoms with Crippen LogP contribution in [0, 0.1) is 0 Å². The zero-order valence-corrected chi connectivity index (χ0v) is 17.4. The van der Waals surface area contributed by atoms with Crippen LogP contribution in [0.5, 0.6) is 5.75 Å². The van der Waals surface area contributed by atoms with E-state index in [9.17, 15) is 9.59 Å². The van der Waals surface area contributed by atoms with E-state index in [1.54, 1.807) is 34.0 Å². The molecule has 1 fully saturated rings. The third-order valence-corrected chi connectivity index (χ3v) is 5.55. The van der Waals surface area contributed by atoms with E-state index in [-0.39, 0.29) is 17.6 Å². The Labute approximate surface area is 179 Å². The number of ether oxygens (including phenoxy) is 1. The number of piperidine rings is 1. The second-order valence-corrected chi connectivity index (χ2v) is 7.63. The summed E-state index contributed by atoms with van der Waals surface area (Å²) in [5.74, 6) is 0.649. The van der Waals surface area contributed by atoms with Gasteiger partial charge in [-0.2, -0.15) is 0 Å². The van der Waals surface area contributed by atoms with Crippen LogP contribution in [-0.2, 0) is 0 Å². The lowest BCUT2D eigenvalue weighted by Gasteiger charge is -2.33. The lowest BCUT2D eigenvalue weighted by molar-refractivity contribution is 0.182. The second kappa shape index (κ2) is 8.75. The van der Waals surface area contributed by atoms with Gasteiger partial charge in [0.15, 0.2) is 0 Å². The Balaban J connectivity index is 1.44. The van der Waals surface area contributed by atoms with Crippen LogP contribution in [0.25, 0.3) is 10.9 Å². The van der Waals surface area contributed by atoms with Crippen LogP contribution in [0.2, 0.25) is 5.02 Å². The molecule has 156 valence electrons. The molecule has 2 heterocycles. The molecule has 0 radical (unpaired) electrons. The normalized spacial score (nSPS) is 14.7. The summed E-state index contributed by atoms with van der Waals surface area (Å²) >= 11 is 6.04. The number of amides is 2. The van der Waals surface area contributed by atoms with Crippen molar-refractivity contribution in [2.75, 3.05) is 25.0 Å². The number of para-hydroxylation sites is 2. The van der Waals surface area contributed by atoms with Gasteiger partial charge in [0, 0.05) is 24.2 Å². The number of hydrogen-bond acceptors (Lipinski definition) is 4. The van der Waals surface area contributed by atoms with Gasteiger partial charge in [-0.25, -0.2) is 9.78 Å². The maximum atomic E-state index is 12.9. The molecule has 2 amide bonds. The van der Waals surface area contributed by atoms with Crippen molar-refractivity contribution in [3.05, 3.63) is 64.2 Å². The lowest BCUT2D eigenvalue weighted by Crippen LogP contribution is -2.42. The quantitative estimate of drug-likeness (QED) is 0.674. The number of carbonyl (C=O) groups excluding carboxylic acids is 1. The highest BCUT2D eigenvalue weighted by molar-refractivity contribution is 6.31. The van der Waals surface area contributed by atoms with Gasteiger partial charge < -0.3 is 15.0 Å². The van der Waals surface area contributed by atoms with Gasteiger partial charge in [-0.1, -0.05) is 23.7 Å². The van der Waals surface area contributed by atoms with Gasteiger partial charge in [-0.05, 0) is 50.1 Å². The van der Waals surface area contributed by atoms with Crippen LogP contribution in [0.15, 0.2) is 53.6 Å². The minimum absolute atomic E-state index is 0.00635. The van der Waals surface area contributed by atoms with Crippen molar-refractivity contribution in [1.29, 1.82) is 0 Å². The standard InChI is InChI=1S/C22H23ClN4O3/c1-2-30-20-6-4-3-5-19(20)25-22(29)26-11-9-16(10-12-26)27-14-24-18-8-7-15(23)13-17(18)21(27)28/h3-8,13-14,16H,2,9-12H2,1H3,(H,25,29). The summed E-state index contributed by atoms with van der Waals surface area (Å²) in [5, 5.41) is 3.95. The molecule has 7 nitrogen and oxygen atoms in total. The Hall–Kier alpha value is -3.06. The fourth-order valence-electron chi connectivity index (χ4n) is 3.76. The van der Waals surface area contributed by atoms with Crippen molar-refractivity contribution in [1.82, 2.24) is 14.5 Å². The number of benzene rings is 2. The molecule has 8 heteroatoms. The van der Waals surface area contributed by atoms with Gasteiger partial charge in [0.25, 0.3) is 5.56 Å². The molecule has 0 aliphatic carbocycles. The topological polar surface area (TPSA) is 76.5 Å². The molecule has 1 saturated heterocycles. The predicted octanol–water partition coefficient (Wildman–Crippen LogP) is 4.32. The fraction of sp³-hybridized carbons (Fsp3) is 0.318. The molecule has 0 unspecified atom stereocenters. The van der Waals surface area contributed by atoms with Crippen molar-refractivity contribution in [2.45, 2.75) is 25.8 Å². The molecule has 30 heavy (non-hydrogen) atoms. The average Bonchev–Trinajstić information content (AvgIpc) is 2.76. The highest BCUT2D eigenvalue weighted by Crippen LogP contribution is 2.26. The molecule has 1 aliphatic heterocycles. The third kappa shape index (κ3) is 4.11. The van der Waals surface area contributed by atoms with Gasteiger partial charge in [-0.15, -0.1) is 0 Å². The SMILES string of the molecule is CCOc1ccccc1NC(=O)N1CCC(n2cnc3ccc(Cl)cc3c2=O)CC1. The molecule has 0 bridgehead atoms. The van der Waals surface area contributed by atoms with E-state index < -0.39 is 0 Å². The number of likely N-dealkylation sites (tertiary alicyclic amines) is 1. The highest BCUT2D eigenvalue weighted by Gasteiger charge is 2.25. The van der Waals surface area contributed by atoms with Crippen molar-refractivity contribution in [2.24, 2.45) is 0 Å². The first kappa shape index (κ1) is 20.2. The number of halogens is 1. The van der Waals surface area contributed by atoms with Gasteiger partial charge in [0.2, 0.25) is 0 Å². The van der Waals surface area contributed by atoms with E-state index in [0.29, 0.717) is 59.9 Å². The van der Waals surface area contributed by atoms with E-state index >= 15 is 0 Å². The van der Waals surface area contributed by atoms with Crippen LogP contribution in [0.1, 0.15) is 25.8 Å². The first-order valence-electron chi connectivity index (χ1n) is 10.0. The average molecular weight is 427 g/mol. The number of nitrogens with zero attached hydrogens (tertiary/aromatic N) is 3. The van der Waals surface area contributed by atoms with Crippen LogP contribution >= 0.6 is 11.6 Å². The minimum Gasteiger partial charge on any atom is -0.492 e. The molecule has 4 rings (SSSR count). The number of fused-ring (bicyclic) bond motifs is 1. The molecule has 0 spiro atoms. The molecule has 3 aromatic rings. The van der Waals surface area contributed by atoms with Crippen LogP contribution in [0.3, 0.4) is 0 Å². The van der Waals surface area contributed by atoms with Crippen LogP contribution in [-0.4, -0.2) is 40.2 Å². The van der Waals surface area contributed by atoms with Crippen LogP contribution < -0.4 is 15.6 Å². The summed E-state index contributed by atoms with van der Waals surface area (Å²) in [6.45, 7) is 3.53. The van der Waals surface area contributed by atoms with E-state index in [4.69, 9.17) is 16.3 Å². The summed E-state index contributed by atoms with van der Waals surface area (Å²) in [6.07, 6.45) is 2.94.